The molecule has 0 unspecified atom stereocenters. The van der Waals surface area contributed by atoms with E-state index < -0.39 is 21.8 Å². The zero-order chi connectivity index (χ0) is 23.8. The van der Waals surface area contributed by atoms with Crippen LogP contribution < -0.4 is 10.2 Å². The summed E-state index contributed by atoms with van der Waals surface area (Å²) < 4.78 is 35.7. The molecule has 174 valence electrons. The first-order valence-corrected chi connectivity index (χ1v) is 12.8. The Hall–Kier alpha value is -3.13. The van der Waals surface area contributed by atoms with Crippen molar-refractivity contribution in [3.8, 4) is 5.75 Å². The Balaban J connectivity index is 1.72. The molecule has 7 nitrogen and oxygen atoms in total. The molecule has 1 aliphatic heterocycles. The largest absolute Gasteiger partial charge is 0.494 e. The molecule has 1 fully saturated rings. The number of benzene rings is 2. The van der Waals surface area contributed by atoms with Gasteiger partial charge < -0.3 is 14.1 Å². The van der Waals surface area contributed by atoms with Gasteiger partial charge in [0.25, 0.3) is 5.91 Å². The van der Waals surface area contributed by atoms with Crippen LogP contribution in [0.4, 0.5) is 0 Å². The van der Waals surface area contributed by atoms with E-state index in [1.807, 2.05) is 51.1 Å². The lowest BCUT2D eigenvalue weighted by Gasteiger charge is -2.28. The van der Waals surface area contributed by atoms with Crippen LogP contribution in [0, 0.1) is 13.8 Å². The molecule has 1 atom stereocenters. The monoisotopic (exact) mass is 469 g/mol. The molecule has 1 saturated heterocycles. The maximum atomic E-state index is 13.6. The Morgan fingerprint density at radius 1 is 1.15 bits per heavy atom. The third kappa shape index (κ3) is 4.95. The number of carbonyl (C=O) groups excluding carboxylic acids is 1. The third-order valence-electron chi connectivity index (χ3n) is 5.87. The molecule has 33 heavy (non-hydrogen) atoms. The molecule has 0 bridgehead atoms. The summed E-state index contributed by atoms with van der Waals surface area (Å²) in [6.45, 7) is 6.36. The molecular weight excluding hydrogens is 442 g/mol. The van der Waals surface area contributed by atoms with E-state index in [1.165, 1.54) is 11.0 Å². The van der Waals surface area contributed by atoms with Crippen molar-refractivity contribution in [2.24, 2.45) is 0 Å². The smallest absolute Gasteiger partial charge is 0.290 e. The zero-order valence-electron chi connectivity index (χ0n) is 19.0. The Labute approximate surface area is 192 Å². The number of sulfone groups is 1. The van der Waals surface area contributed by atoms with Gasteiger partial charge in [-0.25, -0.2) is 8.42 Å². The van der Waals surface area contributed by atoms with E-state index in [1.54, 1.807) is 6.07 Å². The number of carbonyl (C=O) groups is 1. The minimum atomic E-state index is -3.22. The van der Waals surface area contributed by atoms with Crippen LogP contribution in [-0.4, -0.2) is 43.4 Å². The van der Waals surface area contributed by atoms with Gasteiger partial charge in [0, 0.05) is 18.7 Å². The van der Waals surface area contributed by atoms with Crippen molar-refractivity contribution in [1.29, 1.82) is 0 Å². The third-order valence-corrected chi connectivity index (χ3v) is 7.62. The second kappa shape index (κ2) is 9.02. The summed E-state index contributed by atoms with van der Waals surface area (Å²) in [4.78, 5) is 27.8. The van der Waals surface area contributed by atoms with Gasteiger partial charge in [-0.3, -0.25) is 9.59 Å². The second-order valence-electron chi connectivity index (χ2n) is 8.50. The Bertz CT molecular complexity index is 1360. The average Bonchev–Trinajstić information content (AvgIpc) is 3.13. The van der Waals surface area contributed by atoms with Gasteiger partial charge in [0.1, 0.15) is 11.3 Å². The molecule has 4 rings (SSSR count). The number of fused-ring (bicyclic) bond motifs is 1. The molecule has 8 heteroatoms. The lowest BCUT2D eigenvalue weighted by molar-refractivity contribution is 0.0648. The van der Waals surface area contributed by atoms with E-state index in [2.05, 4.69) is 0 Å². The second-order valence-corrected chi connectivity index (χ2v) is 10.7. The summed E-state index contributed by atoms with van der Waals surface area (Å²) in [5.41, 5.74) is 2.59. The van der Waals surface area contributed by atoms with Crippen molar-refractivity contribution in [2.75, 3.05) is 18.1 Å². The Morgan fingerprint density at radius 2 is 1.88 bits per heavy atom. The van der Waals surface area contributed by atoms with E-state index in [0.717, 1.165) is 16.7 Å². The molecule has 1 aliphatic rings. The minimum Gasteiger partial charge on any atom is -0.494 e. The maximum Gasteiger partial charge on any atom is 0.290 e. The number of hydrogen-bond donors (Lipinski definition) is 0. The van der Waals surface area contributed by atoms with Gasteiger partial charge >= 0.3 is 0 Å². The van der Waals surface area contributed by atoms with E-state index in [-0.39, 0.29) is 29.2 Å². The molecule has 1 aromatic heterocycles. The van der Waals surface area contributed by atoms with Crippen LogP contribution in [0.5, 0.6) is 5.75 Å². The van der Waals surface area contributed by atoms with Crippen LogP contribution in [0.25, 0.3) is 11.0 Å². The molecule has 0 saturated carbocycles. The molecule has 0 N–H and O–H groups in total. The highest BCUT2D eigenvalue weighted by Gasteiger charge is 2.36. The van der Waals surface area contributed by atoms with Crippen molar-refractivity contribution in [2.45, 2.75) is 39.8 Å². The van der Waals surface area contributed by atoms with E-state index >= 15 is 0 Å². The molecule has 0 radical (unpaired) electrons. The average molecular weight is 470 g/mol. The van der Waals surface area contributed by atoms with Gasteiger partial charge in [-0.1, -0.05) is 18.2 Å². The fourth-order valence-electron chi connectivity index (χ4n) is 4.30. The zero-order valence-corrected chi connectivity index (χ0v) is 19.8. The Morgan fingerprint density at radius 3 is 2.52 bits per heavy atom. The molecule has 0 aliphatic carbocycles. The first-order chi connectivity index (χ1) is 15.7. The van der Waals surface area contributed by atoms with Crippen molar-refractivity contribution in [3.63, 3.8) is 0 Å². The summed E-state index contributed by atoms with van der Waals surface area (Å²) in [5, 5.41) is 0.422. The van der Waals surface area contributed by atoms with Gasteiger partial charge in [-0.15, -0.1) is 0 Å². The number of rotatable bonds is 6. The van der Waals surface area contributed by atoms with Crippen LogP contribution in [0.15, 0.2) is 51.7 Å². The van der Waals surface area contributed by atoms with Crippen molar-refractivity contribution >= 4 is 26.7 Å². The predicted octanol–water partition coefficient (Wildman–Crippen LogP) is 3.64. The molecule has 3 aromatic rings. The highest BCUT2D eigenvalue weighted by atomic mass is 32.2. The molecule has 2 aromatic carbocycles. The van der Waals surface area contributed by atoms with E-state index in [9.17, 15) is 18.0 Å². The SMILES string of the molecule is CCOc1ccc(CN(C(=O)c2cc(=O)c3cc(C)cc(C)c3o2)[C@@H]2CCS(=O)(=O)C2)cc1. The van der Waals surface area contributed by atoms with Crippen LogP contribution in [-0.2, 0) is 16.4 Å². The quantitative estimate of drug-likeness (QED) is 0.547. The van der Waals surface area contributed by atoms with Gasteiger partial charge in [-0.2, -0.15) is 0 Å². The molecule has 2 heterocycles. The fraction of sp³-hybridized carbons (Fsp3) is 0.360. The fourth-order valence-corrected chi connectivity index (χ4v) is 6.03. The summed E-state index contributed by atoms with van der Waals surface area (Å²) in [6, 6.07) is 11.7. The number of nitrogens with zero attached hydrogens (tertiary/aromatic N) is 1. The van der Waals surface area contributed by atoms with E-state index in [4.69, 9.17) is 9.15 Å². The predicted molar refractivity (Wildman–Crippen MR) is 127 cm³/mol. The van der Waals surface area contributed by atoms with Crippen molar-refractivity contribution in [1.82, 2.24) is 4.90 Å². The van der Waals surface area contributed by atoms with Crippen LogP contribution >= 0.6 is 0 Å². The normalized spacial score (nSPS) is 17.2. The minimum absolute atomic E-state index is 0.0325. The topological polar surface area (TPSA) is 93.9 Å². The lowest BCUT2D eigenvalue weighted by Crippen LogP contribution is -2.40. The van der Waals surface area contributed by atoms with Crippen LogP contribution in [0.1, 0.15) is 40.6 Å². The first-order valence-electron chi connectivity index (χ1n) is 10.9. The highest BCUT2D eigenvalue weighted by Crippen LogP contribution is 2.25. The van der Waals surface area contributed by atoms with Gasteiger partial charge in [0.2, 0.25) is 0 Å². The number of ether oxygens (including phenoxy) is 1. The molecule has 0 spiro atoms. The lowest BCUT2D eigenvalue weighted by atomic mass is 10.1. The Kier molecular flexibility index (Phi) is 6.30. The number of aryl methyl sites for hydroxylation is 2. The molecule has 1 amide bonds. The summed E-state index contributed by atoms with van der Waals surface area (Å²) in [5.74, 6) is 0.0600. The summed E-state index contributed by atoms with van der Waals surface area (Å²) in [7, 11) is -3.22. The van der Waals surface area contributed by atoms with Gasteiger partial charge in [-0.05, 0) is 62.1 Å². The maximum absolute atomic E-state index is 13.6. The number of hydrogen-bond acceptors (Lipinski definition) is 6. The summed E-state index contributed by atoms with van der Waals surface area (Å²) in [6.07, 6.45) is 0.348. The highest BCUT2D eigenvalue weighted by molar-refractivity contribution is 7.91. The van der Waals surface area contributed by atoms with Crippen LogP contribution in [0.3, 0.4) is 0 Å². The van der Waals surface area contributed by atoms with Gasteiger partial charge in [0.15, 0.2) is 21.0 Å². The van der Waals surface area contributed by atoms with E-state index in [0.29, 0.717) is 29.7 Å². The van der Waals surface area contributed by atoms with Gasteiger partial charge in [0.05, 0.1) is 23.5 Å². The molecular formula is C25H27NO6S. The van der Waals surface area contributed by atoms with Crippen molar-refractivity contribution in [3.05, 3.63) is 75.1 Å². The number of amides is 1. The summed E-state index contributed by atoms with van der Waals surface area (Å²) >= 11 is 0. The first kappa shape index (κ1) is 23.0. The van der Waals surface area contributed by atoms with Crippen molar-refractivity contribution < 1.29 is 22.4 Å². The standard InChI is InChI=1S/C25H27NO6S/c1-4-31-20-7-5-18(6-8-20)14-26(19-9-10-33(29,30)15-19)25(28)23-13-22(27)21-12-16(2)11-17(3)24(21)32-23/h5-8,11-13,19H,4,9-10,14-15H2,1-3H3/t19-/m1/s1. The van der Waals surface area contributed by atoms with Crippen LogP contribution in [0.2, 0.25) is 0 Å².